The molecule has 0 aromatic heterocycles. The van der Waals surface area contributed by atoms with Crippen LogP contribution in [0.2, 0.25) is 0 Å². The van der Waals surface area contributed by atoms with Gasteiger partial charge in [0.1, 0.15) is 0 Å². The molecule has 1 saturated heterocycles. The van der Waals surface area contributed by atoms with Gasteiger partial charge in [-0.15, -0.1) is 0 Å². The van der Waals surface area contributed by atoms with Gasteiger partial charge in [0.2, 0.25) is 6.41 Å². The summed E-state index contributed by atoms with van der Waals surface area (Å²) in [6, 6.07) is 0.240. The van der Waals surface area contributed by atoms with Crippen LogP contribution in [0.15, 0.2) is 0 Å². The molecule has 2 aliphatic rings. The largest absolute Gasteiger partial charge is 0.356 e. The zero-order valence-electron chi connectivity index (χ0n) is 13.4. The Balaban J connectivity index is 2.07. The van der Waals surface area contributed by atoms with Crippen LogP contribution in [0, 0.1) is 0 Å². The fourth-order valence-electron chi connectivity index (χ4n) is 4.08. The highest BCUT2D eigenvalue weighted by molar-refractivity contribution is 5.46. The number of carbonyl (C=O) groups is 1. The van der Waals surface area contributed by atoms with Crippen molar-refractivity contribution in [3.8, 4) is 0 Å². The van der Waals surface area contributed by atoms with Crippen molar-refractivity contribution in [3.63, 3.8) is 0 Å². The van der Waals surface area contributed by atoms with Crippen molar-refractivity contribution in [1.82, 2.24) is 10.4 Å². The highest BCUT2D eigenvalue weighted by Crippen LogP contribution is 2.40. The number of nitrogens with one attached hydrogen (secondary N) is 1. The SMILES string of the molecule is CC1(C)CC(NC=O)CC(C)(C)N1OC1CCCCC1. The van der Waals surface area contributed by atoms with E-state index in [-0.39, 0.29) is 17.1 Å². The molecule has 0 bridgehead atoms. The van der Waals surface area contributed by atoms with Crippen LogP contribution in [-0.4, -0.2) is 34.7 Å². The number of rotatable bonds is 4. The van der Waals surface area contributed by atoms with Gasteiger partial charge in [-0.3, -0.25) is 9.63 Å². The zero-order valence-corrected chi connectivity index (χ0v) is 13.4. The summed E-state index contributed by atoms with van der Waals surface area (Å²) >= 11 is 0. The number of hydrogen-bond donors (Lipinski definition) is 1. The van der Waals surface area contributed by atoms with Gasteiger partial charge in [-0.05, 0) is 53.4 Å². The summed E-state index contributed by atoms with van der Waals surface area (Å²) in [5, 5.41) is 5.18. The first-order valence-electron chi connectivity index (χ1n) is 8.02. The topological polar surface area (TPSA) is 41.6 Å². The van der Waals surface area contributed by atoms with Crippen molar-refractivity contribution in [2.24, 2.45) is 0 Å². The molecule has 0 aromatic carbocycles. The maximum atomic E-state index is 10.7. The van der Waals surface area contributed by atoms with Crippen LogP contribution in [0.3, 0.4) is 0 Å². The number of piperidine rings is 1. The number of amides is 1. The van der Waals surface area contributed by atoms with E-state index < -0.39 is 0 Å². The minimum atomic E-state index is -0.0557. The number of nitrogens with zero attached hydrogens (tertiary/aromatic N) is 1. The molecule has 116 valence electrons. The first-order valence-corrected chi connectivity index (χ1v) is 8.02. The monoisotopic (exact) mass is 282 g/mol. The second kappa shape index (κ2) is 6.02. The van der Waals surface area contributed by atoms with E-state index in [0.717, 1.165) is 19.3 Å². The van der Waals surface area contributed by atoms with Crippen LogP contribution in [0.1, 0.15) is 72.6 Å². The minimum absolute atomic E-state index is 0.0557. The van der Waals surface area contributed by atoms with Gasteiger partial charge in [0.25, 0.3) is 0 Å². The van der Waals surface area contributed by atoms with Crippen molar-refractivity contribution in [1.29, 1.82) is 0 Å². The Morgan fingerprint density at radius 1 is 1.05 bits per heavy atom. The molecule has 4 nitrogen and oxygen atoms in total. The molecule has 1 saturated carbocycles. The molecule has 1 aliphatic heterocycles. The molecule has 0 unspecified atom stereocenters. The Labute approximate surface area is 123 Å². The predicted octanol–water partition coefficient (Wildman–Crippen LogP) is 3.02. The Kier molecular flexibility index (Phi) is 4.75. The third-order valence-corrected chi connectivity index (χ3v) is 4.70. The lowest BCUT2D eigenvalue weighted by Crippen LogP contribution is -2.64. The molecular weight excluding hydrogens is 252 g/mol. The highest BCUT2D eigenvalue weighted by Gasteiger charge is 2.47. The first-order chi connectivity index (χ1) is 9.35. The van der Waals surface area contributed by atoms with Gasteiger partial charge in [-0.25, -0.2) is 0 Å². The molecule has 1 N–H and O–H groups in total. The Hall–Kier alpha value is -0.610. The lowest BCUT2D eigenvalue weighted by Gasteiger charge is -2.54. The Morgan fingerprint density at radius 3 is 2.10 bits per heavy atom. The molecule has 2 rings (SSSR count). The van der Waals surface area contributed by atoms with Gasteiger partial charge >= 0.3 is 0 Å². The summed E-state index contributed by atoms with van der Waals surface area (Å²) in [6.07, 6.45) is 9.34. The molecule has 0 aromatic rings. The van der Waals surface area contributed by atoms with Crippen molar-refractivity contribution in [2.75, 3.05) is 0 Å². The van der Waals surface area contributed by atoms with Gasteiger partial charge in [-0.2, -0.15) is 5.06 Å². The van der Waals surface area contributed by atoms with E-state index in [1.807, 2.05) is 0 Å². The average molecular weight is 282 g/mol. The summed E-state index contributed by atoms with van der Waals surface area (Å²) in [5.74, 6) is 0. The first kappa shape index (κ1) is 15.8. The second-order valence-electron chi connectivity index (χ2n) is 7.67. The van der Waals surface area contributed by atoms with Crippen molar-refractivity contribution < 1.29 is 9.63 Å². The van der Waals surface area contributed by atoms with Gasteiger partial charge in [0.05, 0.1) is 6.10 Å². The smallest absolute Gasteiger partial charge is 0.207 e. The molecule has 1 amide bonds. The summed E-state index contributed by atoms with van der Waals surface area (Å²) < 4.78 is 0. The number of hydrogen-bond acceptors (Lipinski definition) is 3. The predicted molar refractivity (Wildman–Crippen MR) is 80.2 cm³/mol. The molecule has 0 atom stereocenters. The average Bonchev–Trinajstić information content (AvgIpc) is 2.35. The molecule has 2 fully saturated rings. The van der Waals surface area contributed by atoms with Crippen molar-refractivity contribution >= 4 is 6.41 Å². The summed E-state index contributed by atoms with van der Waals surface area (Å²) in [7, 11) is 0. The molecule has 20 heavy (non-hydrogen) atoms. The van der Waals surface area contributed by atoms with E-state index in [0.29, 0.717) is 6.10 Å². The van der Waals surface area contributed by atoms with Gasteiger partial charge in [-0.1, -0.05) is 19.3 Å². The van der Waals surface area contributed by atoms with Gasteiger partial charge in [0.15, 0.2) is 0 Å². The van der Waals surface area contributed by atoms with Gasteiger partial charge in [0, 0.05) is 17.1 Å². The van der Waals surface area contributed by atoms with E-state index in [1.165, 1.54) is 32.1 Å². The fraction of sp³-hybridized carbons (Fsp3) is 0.938. The molecule has 4 heteroatoms. The molecule has 1 heterocycles. The summed E-state index contributed by atoms with van der Waals surface area (Å²) in [4.78, 5) is 17.1. The number of carbonyl (C=O) groups excluding carboxylic acids is 1. The van der Waals surface area contributed by atoms with E-state index in [9.17, 15) is 4.79 Å². The van der Waals surface area contributed by atoms with Crippen LogP contribution in [-0.2, 0) is 9.63 Å². The molecular formula is C16H30N2O2. The van der Waals surface area contributed by atoms with Crippen LogP contribution >= 0.6 is 0 Å². The summed E-state index contributed by atoms with van der Waals surface area (Å²) in [5.41, 5.74) is -0.111. The maximum absolute atomic E-state index is 10.7. The lowest BCUT2D eigenvalue weighted by molar-refractivity contribution is -0.310. The Bertz CT molecular complexity index is 317. The van der Waals surface area contributed by atoms with Crippen molar-refractivity contribution in [2.45, 2.75) is 95.9 Å². The zero-order chi connectivity index (χ0) is 14.8. The van der Waals surface area contributed by atoms with Crippen LogP contribution in [0.5, 0.6) is 0 Å². The van der Waals surface area contributed by atoms with Gasteiger partial charge < -0.3 is 5.32 Å². The minimum Gasteiger partial charge on any atom is -0.356 e. The van der Waals surface area contributed by atoms with Crippen LogP contribution < -0.4 is 5.32 Å². The number of hydroxylamine groups is 2. The van der Waals surface area contributed by atoms with E-state index in [4.69, 9.17) is 4.84 Å². The van der Waals surface area contributed by atoms with Crippen molar-refractivity contribution in [3.05, 3.63) is 0 Å². The molecule has 0 radical (unpaired) electrons. The third-order valence-electron chi connectivity index (χ3n) is 4.70. The van der Waals surface area contributed by atoms with E-state index in [1.54, 1.807) is 0 Å². The molecule has 0 spiro atoms. The normalized spacial score (nSPS) is 28.2. The molecule has 1 aliphatic carbocycles. The quantitative estimate of drug-likeness (QED) is 0.806. The Morgan fingerprint density at radius 2 is 1.60 bits per heavy atom. The second-order valence-corrected chi connectivity index (χ2v) is 7.67. The third kappa shape index (κ3) is 3.53. The lowest BCUT2D eigenvalue weighted by atomic mass is 9.79. The van der Waals surface area contributed by atoms with Crippen LogP contribution in [0.4, 0.5) is 0 Å². The van der Waals surface area contributed by atoms with E-state index >= 15 is 0 Å². The summed E-state index contributed by atoms with van der Waals surface area (Å²) in [6.45, 7) is 8.87. The maximum Gasteiger partial charge on any atom is 0.207 e. The van der Waals surface area contributed by atoms with E-state index in [2.05, 4.69) is 38.1 Å². The standard InChI is InChI=1S/C16H30N2O2/c1-15(2)10-13(17-12-19)11-16(3,4)18(15)20-14-8-6-5-7-9-14/h12-14H,5-11H2,1-4H3,(H,17,19). The van der Waals surface area contributed by atoms with Crippen LogP contribution in [0.25, 0.3) is 0 Å². The highest BCUT2D eigenvalue weighted by atomic mass is 16.7. The fourth-order valence-corrected chi connectivity index (χ4v) is 4.08.